The number of ketones is 1. The lowest BCUT2D eigenvalue weighted by Gasteiger charge is -2.20. The zero-order chi connectivity index (χ0) is 17.9. The van der Waals surface area contributed by atoms with E-state index in [1.54, 1.807) is 0 Å². The van der Waals surface area contributed by atoms with Crippen LogP contribution in [0, 0.1) is 6.92 Å². The van der Waals surface area contributed by atoms with Crippen molar-refractivity contribution in [3.63, 3.8) is 0 Å². The van der Waals surface area contributed by atoms with Crippen LogP contribution in [0.3, 0.4) is 0 Å². The number of benzene rings is 2. The molecular weight excluding hydrogens is 298 g/mol. The quantitative estimate of drug-likeness (QED) is 0.627. The van der Waals surface area contributed by atoms with E-state index in [1.807, 2.05) is 56.3 Å². The Morgan fingerprint density at radius 2 is 1.75 bits per heavy atom. The maximum Gasteiger partial charge on any atom is 0.203 e. The number of rotatable bonds is 5. The summed E-state index contributed by atoms with van der Waals surface area (Å²) in [6, 6.07) is 13.4. The minimum absolute atomic E-state index is 0.0158. The fourth-order valence-electron chi connectivity index (χ4n) is 2.57. The standard InChI is InChI=1S/C21H27NO2/c1-6-18(24-19-12-7-14(2)13-17(19)22)20(23)15-8-10-16(11-9-15)21(3,4)5/h7-13,18H,6,22H2,1-5H3. The van der Waals surface area contributed by atoms with Crippen LogP contribution in [0.15, 0.2) is 42.5 Å². The van der Waals surface area contributed by atoms with Crippen molar-refractivity contribution in [2.75, 3.05) is 5.73 Å². The second-order valence-corrected chi connectivity index (χ2v) is 7.25. The summed E-state index contributed by atoms with van der Waals surface area (Å²) >= 11 is 0. The van der Waals surface area contributed by atoms with Gasteiger partial charge in [-0.05, 0) is 42.0 Å². The van der Waals surface area contributed by atoms with E-state index >= 15 is 0 Å². The average molecular weight is 325 g/mol. The smallest absolute Gasteiger partial charge is 0.203 e. The summed E-state index contributed by atoms with van der Waals surface area (Å²) in [5, 5.41) is 0. The second kappa shape index (κ2) is 7.08. The molecule has 128 valence electrons. The third kappa shape index (κ3) is 4.16. The molecular formula is C21H27NO2. The maximum absolute atomic E-state index is 12.8. The number of carbonyl (C=O) groups excluding carboxylic acids is 1. The number of aryl methyl sites for hydroxylation is 1. The van der Waals surface area contributed by atoms with Gasteiger partial charge in [0.05, 0.1) is 5.69 Å². The first kappa shape index (κ1) is 18.1. The molecule has 24 heavy (non-hydrogen) atoms. The molecule has 3 heteroatoms. The van der Waals surface area contributed by atoms with Crippen LogP contribution in [0.25, 0.3) is 0 Å². The molecule has 0 radical (unpaired) electrons. The third-order valence-electron chi connectivity index (χ3n) is 4.13. The highest BCUT2D eigenvalue weighted by Gasteiger charge is 2.22. The SMILES string of the molecule is CCC(Oc1ccc(C)cc1N)C(=O)c1ccc(C(C)(C)C)cc1. The van der Waals surface area contributed by atoms with Gasteiger partial charge in [-0.15, -0.1) is 0 Å². The molecule has 0 amide bonds. The number of hydrogen-bond donors (Lipinski definition) is 1. The van der Waals surface area contributed by atoms with Gasteiger partial charge in [-0.25, -0.2) is 0 Å². The van der Waals surface area contributed by atoms with Crippen LogP contribution in [0.1, 0.15) is 55.6 Å². The van der Waals surface area contributed by atoms with E-state index in [-0.39, 0.29) is 11.2 Å². The highest BCUT2D eigenvalue weighted by Crippen LogP contribution is 2.26. The molecule has 0 spiro atoms. The molecule has 1 unspecified atom stereocenters. The van der Waals surface area contributed by atoms with E-state index in [2.05, 4.69) is 20.8 Å². The summed E-state index contributed by atoms with van der Waals surface area (Å²) in [6.45, 7) is 10.4. The Labute approximate surface area is 144 Å². The first-order valence-corrected chi connectivity index (χ1v) is 8.40. The summed E-state index contributed by atoms with van der Waals surface area (Å²) in [7, 11) is 0. The van der Waals surface area contributed by atoms with Gasteiger partial charge in [0.1, 0.15) is 5.75 Å². The number of nitrogen functional groups attached to an aromatic ring is 1. The largest absolute Gasteiger partial charge is 0.480 e. The van der Waals surface area contributed by atoms with E-state index in [0.29, 0.717) is 23.4 Å². The monoisotopic (exact) mass is 325 g/mol. The zero-order valence-electron chi connectivity index (χ0n) is 15.2. The Bertz CT molecular complexity index is 712. The van der Waals surface area contributed by atoms with Crippen molar-refractivity contribution in [1.29, 1.82) is 0 Å². The van der Waals surface area contributed by atoms with Crippen LogP contribution in [0.5, 0.6) is 5.75 Å². The first-order chi connectivity index (χ1) is 11.2. The molecule has 0 bridgehead atoms. The highest BCUT2D eigenvalue weighted by molar-refractivity contribution is 5.99. The van der Waals surface area contributed by atoms with Crippen molar-refractivity contribution in [1.82, 2.24) is 0 Å². The Morgan fingerprint density at radius 1 is 1.12 bits per heavy atom. The molecule has 2 rings (SSSR count). The van der Waals surface area contributed by atoms with E-state index in [0.717, 1.165) is 5.56 Å². The third-order valence-corrected chi connectivity index (χ3v) is 4.13. The topological polar surface area (TPSA) is 52.3 Å². The number of ether oxygens (including phenoxy) is 1. The predicted molar refractivity (Wildman–Crippen MR) is 99.8 cm³/mol. The van der Waals surface area contributed by atoms with Crippen molar-refractivity contribution in [3.8, 4) is 5.75 Å². The van der Waals surface area contributed by atoms with Gasteiger partial charge in [-0.2, -0.15) is 0 Å². The van der Waals surface area contributed by atoms with Crippen molar-refractivity contribution in [2.24, 2.45) is 0 Å². The molecule has 0 aromatic heterocycles. The maximum atomic E-state index is 12.8. The molecule has 2 aromatic carbocycles. The first-order valence-electron chi connectivity index (χ1n) is 8.40. The Morgan fingerprint density at radius 3 is 2.25 bits per heavy atom. The van der Waals surface area contributed by atoms with Gasteiger partial charge in [0.2, 0.25) is 5.78 Å². The minimum Gasteiger partial charge on any atom is -0.480 e. The zero-order valence-corrected chi connectivity index (χ0v) is 15.2. The lowest BCUT2D eigenvalue weighted by atomic mass is 9.86. The number of hydrogen-bond acceptors (Lipinski definition) is 3. The number of Topliss-reactive ketones (excluding diaryl/α,β-unsaturated/α-hetero) is 1. The van der Waals surface area contributed by atoms with Gasteiger partial charge in [0, 0.05) is 5.56 Å². The van der Waals surface area contributed by atoms with Gasteiger partial charge < -0.3 is 10.5 Å². The van der Waals surface area contributed by atoms with Crippen LogP contribution in [-0.4, -0.2) is 11.9 Å². The van der Waals surface area contributed by atoms with Crippen molar-refractivity contribution in [3.05, 3.63) is 59.2 Å². The lowest BCUT2D eigenvalue weighted by molar-refractivity contribution is 0.0788. The number of nitrogens with two attached hydrogens (primary N) is 1. The summed E-state index contributed by atoms with van der Waals surface area (Å²) in [5.74, 6) is 0.546. The fourth-order valence-corrected chi connectivity index (χ4v) is 2.57. The summed E-state index contributed by atoms with van der Waals surface area (Å²) in [5.41, 5.74) is 9.56. The Kier molecular flexibility index (Phi) is 5.33. The van der Waals surface area contributed by atoms with E-state index in [1.165, 1.54) is 5.56 Å². The van der Waals surface area contributed by atoms with Gasteiger partial charge >= 0.3 is 0 Å². The molecule has 2 aromatic rings. The Balaban J connectivity index is 2.19. The molecule has 0 heterocycles. The predicted octanol–water partition coefficient (Wildman–Crippen LogP) is 4.92. The lowest BCUT2D eigenvalue weighted by Crippen LogP contribution is -2.27. The number of carbonyl (C=O) groups is 1. The van der Waals surface area contributed by atoms with Crippen LogP contribution >= 0.6 is 0 Å². The molecule has 0 aliphatic rings. The summed E-state index contributed by atoms with van der Waals surface area (Å²) in [4.78, 5) is 12.8. The molecule has 3 nitrogen and oxygen atoms in total. The van der Waals surface area contributed by atoms with E-state index < -0.39 is 6.10 Å². The number of anilines is 1. The van der Waals surface area contributed by atoms with Crippen LogP contribution in [-0.2, 0) is 5.41 Å². The second-order valence-electron chi connectivity index (χ2n) is 7.25. The molecule has 0 aliphatic carbocycles. The van der Waals surface area contributed by atoms with Gasteiger partial charge in [0.15, 0.2) is 6.10 Å². The molecule has 0 aliphatic heterocycles. The van der Waals surface area contributed by atoms with Crippen LogP contribution < -0.4 is 10.5 Å². The van der Waals surface area contributed by atoms with Crippen molar-refractivity contribution >= 4 is 11.5 Å². The van der Waals surface area contributed by atoms with E-state index in [4.69, 9.17) is 10.5 Å². The molecule has 1 atom stereocenters. The normalized spacial score (nSPS) is 12.7. The Hall–Kier alpha value is -2.29. The van der Waals surface area contributed by atoms with Crippen LogP contribution in [0.4, 0.5) is 5.69 Å². The summed E-state index contributed by atoms with van der Waals surface area (Å²) < 4.78 is 5.89. The molecule has 2 N–H and O–H groups in total. The fraction of sp³-hybridized carbons (Fsp3) is 0.381. The summed E-state index contributed by atoms with van der Waals surface area (Å²) in [6.07, 6.45) is 0.0585. The minimum atomic E-state index is -0.532. The van der Waals surface area contributed by atoms with E-state index in [9.17, 15) is 4.79 Å². The van der Waals surface area contributed by atoms with Gasteiger partial charge in [-0.1, -0.05) is 58.0 Å². The van der Waals surface area contributed by atoms with Crippen LogP contribution in [0.2, 0.25) is 0 Å². The molecule has 0 fully saturated rings. The van der Waals surface area contributed by atoms with Gasteiger partial charge in [-0.3, -0.25) is 4.79 Å². The highest BCUT2D eigenvalue weighted by atomic mass is 16.5. The van der Waals surface area contributed by atoms with Gasteiger partial charge in [0.25, 0.3) is 0 Å². The molecule has 0 saturated carbocycles. The van der Waals surface area contributed by atoms with Crippen molar-refractivity contribution in [2.45, 2.75) is 52.6 Å². The average Bonchev–Trinajstić information content (AvgIpc) is 2.53. The van der Waals surface area contributed by atoms with Crippen molar-refractivity contribution < 1.29 is 9.53 Å². The molecule has 0 saturated heterocycles.